The van der Waals surface area contributed by atoms with Crippen LogP contribution in [-0.4, -0.2) is 29.8 Å². The van der Waals surface area contributed by atoms with Gasteiger partial charge in [-0.15, -0.1) is 11.3 Å². The highest BCUT2D eigenvalue weighted by Crippen LogP contribution is 2.26. The normalized spacial score (nSPS) is 14.5. The van der Waals surface area contributed by atoms with Gasteiger partial charge >= 0.3 is 6.61 Å². The first kappa shape index (κ1) is 15.8. The second-order valence-electron chi connectivity index (χ2n) is 4.69. The highest BCUT2D eigenvalue weighted by Gasteiger charge is 2.26. The van der Waals surface area contributed by atoms with Crippen molar-refractivity contribution in [3.8, 4) is 5.75 Å². The Morgan fingerprint density at radius 1 is 1.58 bits per heavy atom. The Kier molecular flexibility index (Phi) is 5.25. The van der Waals surface area contributed by atoms with Crippen molar-refractivity contribution in [2.24, 2.45) is 5.92 Å². The zero-order chi connectivity index (χ0) is 14.6. The van der Waals surface area contributed by atoms with Crippen LogP contribution in [0.5, 0.6) is 5.75 Å². The first-order valence-electron chi connectivity index (χ1n) is 5.77. The van der Waals surface area contributed by atoms with Crippen molar-refractivity contribution in [3.63, 3.8) is 0 Å². The maximum atomic E-state index is 12.1. The maximum Gasteiger partial charge on any atom is 0.387 e. The molecule has 0 spiro atoms. The van der Waals surface area contributed by atoms with Gasteiger partial charge in [0, 0.05) is 6.54 Å². The van der Waals surface area contributed by atoms with Crippen LogP contribution in [0.2, 0.25) is 0 Å². The fourth-order valence-electron chi connectivity index (χ4n) is 1.20. The fourth-order valence-corrected chi connectivity index (χ4v) is 1.93. The molecule has 0 aliphatic carbocycles. The molecule has 108 valence electrons. The molecule has 0 saturated heterocycles. The summed E-state index contributed by atoms with van der Waals surface area (Å²) in [5.74, 6) is -0.735. The van der Waals surface area contributed by atoms with Gasteiger partial charge in [-0.2, -0.15) is 8.78 Å². The summed E-state index contributed by atoms with van der Waals surface area (Å²) in [7, 11) is 0. The quantitative estimate of drug-likeness (QED) is 0.847. The van der Waals surface area contributed by atoms with Crippen molar-refractivity contribution >= 4 is 17.2 Å². The molecule has 1 atom stereocenters. The zero-order valence-electron chi connectivity index (χ0n) is 10.9. The van der Waals surface area contributed by atoms with Crippen molar-refractivity contribution in [3.05, 3.63) is 16.3 Å². The maximum absolute atomic E-state index is 12.1. The van der Waals surface area contributed by atoms with E-state index in [2.05, 4.69) is 10.1 Å². The average molecular weight is 293 g/mol. The van der Waals surface area contributed by atoms with E-state index in [4.69, 9.17) is 0 Å². The molecule has 0 bridgehead atoms. The predicted octanol–water partition coefficient (Wildman–Crippen LogP) is 2.49. The lowest BCUT2D eigenvalue weighted by atomic mass is 9.92. The molecule has 0 radical (unpaired) electrons. The first-order valence-corrected chi connectivity index (χ1v) is 6.65. The molecule has 0 aliphatic heterocycles. The summed E-state index contributed by atoms with van der Waals surface area (Å²) in [6, 6.07) is 1.31. The lowest BCUT2D eigenvalue weighted by Crippen LogP contribution is -2.44. The second-order valence-corrected chi connectivity index (χ2v) is 5.60. The highest BCUT2D eigenvalue weighted by molar-refractivity contribution is 7.12. The molecule has 0 unspecified atom stereocenters. The molecule has 0 aromatic carbocycles. The molecule has 1 aromatic heterocycles. The lowest BCUT2D eigenvalue weighted by molar-refractivity contribution is -0.0498. The van der Waals surface area contributed by atoms with E-state index in [1.807, 2.05) is 13.8 Å². The number of ether oxygens (including phenoxy) is 1. The van der Waals surface area contributed by atoms with Crippen molar-refractivity contribution in [1.82, 2.24) is 5.32 Å². The van der Waals surface area contributed by atoms with E-state index >= 15 is 0 Å². The number of thiophene rings is 1. The molecule has 1 rings (SSSR count). The van der Waals surface area contributed by atoms with Crippen LogP contribution in [0, 0.1) is 5.92 Å². The first-order chi connectivity index (χ1) is 8.74. The summed E-state index contributed by atoms with van der Waals surface area (Å²) in [4.78, 5) is 11.9. The van der Waals surface area contributed by atoms with E-state index in [0.717, 1.165) is 11.3 Å². The minimum atomic E-state index is -2.97. The van der Waals surface area contributed by atoms with Crippen LogP contribution in [0.4, 0.5) is 8.78 Å². The molecule has 0 saturated carbocycles. The van der Waals surface area contributed by atoms with Gasteiger partial charge < -0.3 is 15.2 Å². The molecule has 0 aliphatic rings. The Bertz CT molecular complexity index is 432. The minimum absolute atomic E-state index is 0.0372. The number of halogens is 2. The van der Waals surface area contributed by atoms with Crippen LogP contribution in [0.1, 0.15) is 30.4 Å². The van der Waals surface area contributed by atoms with Crippen LogP contribution in [0.15, 0.2) is 11.4 Å². The number of hydrogen-bond acceptors (Lipinski definition) is 4. The van der Waals surface area contributed by atoms with Gasteiger partial charge in [0.2, 0.25) is 0 Å². The van der Waals surface area contributed by atoms with Crippen molar-refractivity contribution < 1.29 is 23.4 Å². The topological polar surface area (TPSA) is 58.6 Å². The summed E-state index contributed by atoms with van der Waals surface area (Å²) < 4.78 is 28.5. The van der Waals surface area contributed by atoms with Gasteiger partial charge in [-0.05, 0) is 24.3 Å². The van der Waals surface area contributed by atoms with E-state index in [-0.39, 0.29) is 23.1 Å². The Balaban J connectivity index is 2.67. The van der Waals surface area contributed by atoms with Gasteiger partial charge in [0.15, 0.2) is 0 Å². The largest absolute Gasteiger partial charge is 0.433 e. The Morgan fingerprint density at radius 3 is 2.74 bits per heavy atom. The van der Waals surface area contributed by atoms with Gasteiger partial charge in [0.1, 0.15) is 10.6 Å². The van der Waals surface area contributed by atoms with Crippen LogP contribution < -0.4 is 10.1 Å². The molecule has 1 amide bonds. The predicted molar refractivity (Wildman–Crippen MR) is 68.7 cm³/mol. The van der Waals surface area contributed by atoms with Gasteiger partial charge in [0.05, 0.1) is 5.60 Å². The Labute approximate surface area is 114 Å². The summed E-state index contributed by atoms with van der Waals surface area (Å²) in [6.45, 7) is 2.31. The van der Waals surface area contributed by atoms with E-state index in [0.29, 0.717) is 0 Å². The van der Waals surface area contributed by atoms with Crippen molar-refractivity contribution in [1.29, 1.82) is 0 Å². The Hall–Kier alpha value is -1.21. The van der Waals surface area contributed by atoms with Gasteiger partial charge in [-0.25, -0.2) is 0 Å². The van der Waals surface area contributed by atoms with Crippen LogP contribution >= 0.6 is 11.3 Å². The molecule has 0 fully saturated rings. The van der Waals surface area contributed by atoms with Crippen LogP contribution in [0.25, 0.3) is 0 Å². The third kappa shape index (κ3) is 4.43. The fraction of sp³-hybridized carbons (Fsp3) is 0.583. The van der Waals surface area contributed by atoms with Crippen molar-refractivity contribution in [2.75, 3.05) is 6.54 Å². The number of aliphatic hydroxyl groups is 1. The van der Waals surface area contributed by atoms with Gasteiger partial charge in [0.25, 0.3) is 5.91 Å². The summed E-state index contributed by atoms with van der Waals surface area (Å²) in [5.41, 5.74) is -1.06. The van der Waals surface area contributed by atoms with E-state index in [9.17, 15) is 18.7 Å². The van der Waals surface area contributed by atoms with E-state index in [1.165, 1.54) is 11.4 Å². The number of amides is 1. The number of alkyl halides is 2. The van der Waals surface area contributed by atoms with E-state index in [1.54, 1.807) is 6.92 Å². The van der Waals surface area contributed by atoms with Crippen LogP contribution in [-0.2, 0) is 0 Å². The average Bonchev–Trinajstić information content (AvgIpc) is 2.73. The molecular formula is C12H17F2NO3S. The van der Waals surface area contributed by atoms with Gasteiger partial charge in [-0.3, -0.25) is 4.79 Å². The number of carbonyl (C=O) groups excluding carboxylic acids is 1. The van der Waals surface area contributed by atoms with Gasteiger partial charge in [-0.1, -0.05) is 13.8 Å². The number of rotatable bonds is 6. The molecule has 7 heteroatoms. The van der Waals surface area contributed by atoms with Crippen LogP contribution in [0.3, 0.4) is 0 Å². The standard InChI is InChI=1S/C12H17F2NO3S/c1-7(2)12(3,17)6-15-10(16)9-8(4-5-19-9)18-11(13)14/h4-5,7,11,17H,6H2,1-3H3,(H,15,16)/t12-/m1/s1. The monoisotopic (exact) mass is 293 g/mol. The summed E-state index contributed by atoms with van der Waals surface area (Å²) in [5, 5.41) is 14.0. The lowest BCUT2D eigenvalue weighted by Gasteiger charge is -2.27. The smallest absolute Gasteiger partial charge is 0.387 e. The molecule has 4 nitrogen and oxygen atoms in total. The molecule has 2 N–H and O–H groups in total. The highest BCUT2D eigenvalue weighted by atomic mass is 32.1. The Morgan fingerprint density at radius 2 is 2.21 bits per heavy atom. The number of carbonyl (C=O) groups is 1. The number of nitrogens with one attached hydrogen (secondary N) is 1. The van der Waals surface area contributed by atoms with E-state index < -0.39 is 18.1 Å². The SMILES string of the molecule is CC(C)[C@](C)(O)CNC(=O)c1sccc1OC(F)F. The number of hydrogen-bond donors (Lipinski definition) is 2. The third-order valence-corrected chi connectivity index (χ3v) is 3.80. The summed E-state index contributed by atoms with van der Waals surface area (Å²) >= 11 is 1.01. The second kappa shape index (κ2) is 6.29. The van der Waals surface area contributed by atoms with Crippen molar-refractivity contribution in [2.45, 2.75) is 33.0 Å². The zero-order valence-corrected chi connectivity index (χ0v) is 11.8. The third-order valence-electron chi connectivity index (χ3n) is 2.90. The molecular weight excluding hydrogens is 276 g/mol. The minimum Gasteiger partial charge on any atom is -0.433 e. The summed E-state index contributed by atoms with van der Waals surface area (Å²) in [6.07, 6.45) is 0. The molecule has 1 heterocycles. The molecule has 1 aromatic rings. The molecule has 19 heavy (non-hydrogen) atoms.